The molecule has 3 rings (SSSR count). The molecule has 0 unspecified atom stereocenters. The Morgan fingerprint density at radius 2 is 1.95 bits per heavy atom. The third kappa shape index (κ3) is 2.34. The zero-order valence-corrected chi connectivity index (χ0v) is 10.6. The number of β-amino-alcohol motifs (C(OH)–C–C–N with tert-alkyl or cyclic N) is 1. The molecule has 4 nitrogen and oxygen atoms in total. The molecule has 1 saturated heterocycles. The van der Waals surface area contributed by atoms with Crippen molar-refractivity contribution in [2.75, 3.05) is 11.4 Å². The number of nitrogens with zero attached hydrogens (tertiary/aromatic N) is 3. The van der Waals surface area contributed by atoms with Gasteiger partial charge in [-0.2, -0.15) is 0 Å². The molecule has 1 aliphatic rings. The molecule has 1 N–H and O–H groups in total. The van der Waals surface area contributed by atoms with Crippen molar-refractivity contribution in [2.24, 2.45) is 0 Å². The predicted molar refractivity (Wildman–Crippen MR) is 69.1 cm³/mol. The lowest BCUT2D eigenvalue weighted by Crippen LogP contribution is -2.26. The van der Waals surface area contributed by atoms with Crippen LogP contribution in [-0.4, -0.2) is 27.7 Å². The van der Waals surface area contributed by atoms with E-state index in [1.165, 1.54) is 0 Å². The van der Waals surface area contributed by atoms with Crippen molar-refractivity contribution >= 4 is 5.95 Å². The lowest BCUT2D eigenvalue weighted by Gasteiger charge is -2.24. The maximum Gasteiger partial charge on any atom is 0.225 e. The van der Waals surface area contributed by atoms with Crippen LogP contribution >= 0.6 is 0 Å². The molecule has 1 aromatic carbocycles. The van der Waals surface area contributed by atoms with Crippen LogP contribution in [0.3, 0.4) is 0 Å². The smallest absolute Gasteiger partial charge is 0.225 e. The molecular weight excluding hydrogens is 264 g/mol. The van der Waals surface area contributed by atoms with Crippen LogP contribution in [0.4, 0.5) is 14.7 Å². The fourth-order valence-corrected chi connectivity index (χ4v) is 2.54. The standard InChI is InChI=1S/C14H13F2N3O/c15-9-2-3-12(16)11(6-9)13-7-10(20)8-19(13)14-17-4-1-5-18-14/h1-6,10,13,20H,7-8H2/t10-,13-/m1/s1. The third-order valence-corrected chi connectivity index (χ3v) is 3.41. The Morgan fingerprint density at radius 1 is 1.20 bits per heavy atom. The normalized spacial score (nSPS) is 22.2. The highest BCUT2D eigenvalue weighted by Gasteiger charge is 2.35. The van der Waals surface area contributed by atoms with Gasteiger partial charge < -0.3 is 10.0 Å². The van der Waals surface area contributed by atoms with Crippen LogP contribution in [0, 0.1) is 11.6 Å². The molecule has 0 saturated carbocycles. The summed E-state index contributed by atoms with van der Waals surface area (Å²) in [7, 11) is 0. The van der Waals surface area contributed by atoms with Crippen molar-refractivity contribution in [3.63, 3.8) is 0 Å². The van der Waals surface area contributed by atoms with E-state index in [1.807, 2.05) is 0 Å². The van der Waals surface area contributed by atoms with Gasteiger partial charge in [-0.05, 0) is 30.7 Å². The Balaban J connectivity index is 2.00. The summed E-state index contributed by atoms with van der Waals surface area (Å²) in [5, 5.41) is 9.84. The van der Waals surface area contributed by atoms with Gasteiger partial charge in [0.15, 0.2) is 0 Å². The quantitative estimate of drug-likeness (QED) is 0.913. The first-order valence-corrected chi connectivity index (χ1v) is 6.32. The summed E-state index contributed by atoms with van der Waals surface area (Å²) >= 11 is 0. The van der Waals surface area contributed by atoms with Crippen LogP contribution in [0.2, 0.25) is 0 Å². The molecule has 104 valence electrons. The summed E-state index contributed by atoms with van der Waals surface area (Å²) < 4.78 is 27.3. The molecule has 0 amide bonds. The van der Waals surface area contributed by atoms with Crippen molar-refractivity contribution < 1.29 is 13.9 Å². The van der Waals surface area contributed by atoms with Crippen LogP contribution in [0.15, 0.2) is 36.7 Å². The minimum absolute atomic E-state index is 0.217. The molecule has 2 heterocycles. The van der Waals surface area contributed by atoms with Crippen LogP contribution < -0.4 is 4.90 Å². The highest BCUT2D eigenvalue weighted by atomic mass is 19.1. The summed E-state index contributed by atoms with van der Waals surface area (Å²) in [6.07, 6.45) is 2.85. The third-order valence-electron chi connectivity index (χ3n) is 3.41. The zero-order valence-electron chi connectivity index (χ0n) is 10.6. The van der Waals surface area contributed by atoms with Gasteiger partial charge in [0.2, 0.25) is 5.95 Å². The van der Waals surface area contributed by atoms with Crippen molar-refractivity contribution in [2.45, 2.75) is 18.6 Å². The van der Waals surface area contributed by atoms with E-state index in [4.69, 9.17) is 0 Å². The highest BCUT2D eigenvalue weighted by Crippen LogP contribution is 2.35. The summed E-state index contributed by atoms with van der Waals surface area (Å²) in [4.78, 5) is 9.92. The topological polar surface area (TPSA) is 49.2 Å². The summed E-state index contributed by atoms with van der Waals surface area (Å²) in [5.74, 6) is -0.596. The van der Waals surface area contributed by atoms with Crippen molar-refractivity contribution in [1.29, 1.82) is 0 Å². The van der Waals surface area contributed by atoms with E-state index in [1.54, 1.807) is 23.4 Å². The Morgan fingerprint density at radius 3 is 2.70 bits per heavy atom. The van der Waals surface area contributed by atoms with Crippen LogP contribution in [0.5, 0.6) is 0 Å². The molecule has 20 heavy (non-hydrogen) atoms. The van der Waals surface area contributed by atoms with Gasteiger partial charge in [-0.15, -0.1) is 0 Å². The number of anilines is 1. The van der Waals surface area contributed by atoms with Gasteiger partial charge in [0.05, 0.1) is 12.1 Å². The number of aliphatic hydroxyl groups is 1. The maximum atomic E-state index is 13.9. The van der Waals surface area contributed by atoms with Gasteiger partial charge in [-0.25, -0.2) is 18.7 Å². The molecule has 0 aliphatic carbocycles. The van der Waals surface area contributed by atoms with Crippen LogP contribution in [-0.2, 0) is 0 Å². The Kier molecular flexibility index (Phi) is 3.31. The lowest BCUT2D eigenvalue weighted by atomic mass is 10.0. The molecule has 0 spiro atoms. The summed E-state index contributed by atoms with van der Waals surface area (Å²) in [5.41, 5.74) is 0.217. The minimum Gasteiger partial charge on any atom is -0.391 e. The van der Waals surface area contributed by atoms with Crippen molar-refractivity contribution in [3.8, 4) is 0 Å². The fraction of sp³-hybridized carbons (Fsp3) is 0.286. The Bertz CT molecular complexity index is 609. The second-order valence-electron chi connectivity index (χ2n) is 4.77. The first kappa shape index (κ1) is 12.9. The predicted octanol–water partition coefficient (Wildman–Crippen LogP) is 2.07. The summed E-state index contributed by atoms with van der Waals surface area (Å²) in [6.45, 7) is 0.296. The fourth-order valence-electron chi connectivity index (χ4n) is 2.54. The van der Waals surface area contributed by atoms with Crippen molar-refractivity contribution in [1.82, 2.24) is 9.97 Å². The number of hydrogen-bond donors (Lipinski definition) is 1. The van der Waals surface area contributed by atoms with Crippen LogP contribution in [0.1, 0.15) is 18.0 Å². The average Bonchev–Trinajstić information content (AvgIpc) is 2.84. The van der Waals surface area contributed by atoms with Gasteiger partial charge in [0, 0.05) is 24.5 Å². The van der Waals surface area contributed by atoms with E-state index in [9.17, 15) is 13.9 Å². The molecule has 6 heteroatoms. The molecule has 2 aromatic rings. The number of benzene rings is 1. The number of aromatic nitrogens is 2. The molecule has 0 bridgehead atoms. The number of hydrogen-bond acceptors (Lipinski definition) is 4. The second-order valence-corrected chi connectivity index (χ2v) is 4.77. The molecule has 2 atom stereocenters. The monoisotopic (exact) mass is 277 g/mol. The zero-order chi connectivity index (χ0) is 14.1. The molecule has 0 radical (unpaired) electrons. The van der Waals surface area contributed by atoms with E-state index in [0.29, 0.717) is 18.9 Å². The first-order chi connectivity index (χ1) is 9.65. The van der Waals surface area contributed by atoms with E-state index in [0.717, 1.165) is 18.2 Å². The number of halogens is 2. The Labute approximate surface area is 114 Å². The van der Waals surface area contributed by atoms with Crippen LogP contribution in [0.25, 0.3) is 0 Å². The molecular formula is C14H13F2N3O. The minimum atomic E-state index is -0.619. The average molecular weight is 277 g/mol. The van der Waals surface area contributed by atoms with E-state index in [2.05, 4.69) is 9.97 Å². The van der Waals surface area contributed by atoms with E-state index >= 15 is 0 Å². The van der Waals surface area contributed by atoms with Gasteiger partial charge in [0.1, 0.15) is 11.6 Å². The molecule has 1 fully saturated rings. The molecule has 1 aliphatic heterocycles. The first-order valence-electron chi connectivity index (χ1n) is 6.32. The SMILES string of the molecule is O[C@@H]1C[C@H](c2cc(F)ccc2F)N(c2ncccn2)C1. The van der Waals surface area contributed by atoms with E-state index < -0.39 is 23.8 Å². The number of rotatable bonds is 2. The van der Waals surface area contributed by atoms with Gasteiger partial charge in [-0.3, -0.25) is 0 Å². The lowest BCUT2D eigenvalue weighted by molar-refractivity contribution is 0.194. The van der Waals surface area contributed by atoms with Gasteiger partial charge in [0.25, 0.3) is 0 Å². The van der Waals surface area contributed by atoms with Gasteiger partial charge >= 0.3 is 0 Å². The Hall–Kier alpha value is -2.08. The number of aliphatic hydroxyl groups excluding tert-OH is 1. The van der Waals surface area contributed by atoms with Crippen molar-refractivity contribution in [3.05, 3.63) is 53.9 Å². The molecule has 1 aromatic heterocycles. The summed E-state index contributed by atoms with van der Waals surface area (Å²) in [6, 6.07) is 4.54. The second kappa shape index (κ2) is 5.13. The van der Waals surface area contributed by atoms with Gasteiger partial charge in [-0.1, -0.05) is 0 Å². The largest absolute Gasteiger partial charge is 0.391 e. The maximum absolute atomic E-state index is 13.9. The highest BCUT2D eigenvalue weighted by molar-refractivity contribution is 5.39. The van der Waals surface area contributed by atoms with E-state index in [-0.39, 0.29) is 5.56 Å².